The number of hydrogen-bond donors (Lipinski definition) is 1. The van der Waals surface area contributed by atoms with E-state index in [2.05, 4.69) is 10.4 Å². The van der Waals surface area contributed by atoms with Gasteiger partial charge in [0.05, 0.1) is 0 Å². The summed E-state index contributed by atoms with van der Waals surface area (Å²) in [7, 11) is 3.50. The number of carbonyl (C=O) groups is 1. The number of allylic oxidation sites excluding steroid dienone is 1. The molecule has 1 aromatic carbocycles. The zero-order chi connectivity index (χ0) is 20.9. The first-order chi connectivity index (χ1) is 14.5. The maximum absolute atomic E-state index is 12.3. The lowest BCUT2D eigenvalue weighted by molar-refractivity contribution is -0.102. The fraction of sp³-hybridized carbons (Fsp3) is 0.565. The van der Waals surface area contributed by atoms with E-state index in [1.807, 2.05) is 37.3 Å². The molecular weight excluding hydrogens is 380 g/mol. The van der Waals surface area contributed by atoms with E-state index in [1.54, 1.807) is 19.0 Å². The molecule has 1 saturated carbocycles. The molecule has 0 radical (unpaired) electrons. The van der Waals surface area contributed by atoms with Crippen LogP contribution in [0, 0.1) is 11.8 Å². The van der Waals surface area contributed by atoms with Gasteiger partial charge in [0.15, 0.2) is 0 Å². The quantitative estimate of drug-likeness (QED) is 0.730. The molecule has 7 heteroatoms. The molecule has 3 fully saturated rings. The second kappa shape index (κ2) is 7.39. The minimum atomic E-state index is -0.355. The number of benzene rings is 1. The Morgan fingerprint density at radius 3 is 2.93 bits per heavy atom. The third kappa shape index (κ3) is 2.94. The number of aliphatic imine (C=N–C) groups is 1. The molecule has 1 aliphatic carbocycles. The van der Waals surface area contributed by atoms with Crippen molar-refractivity contribution in [1.29, 1.82) is 0 Å². The molecule has 0 bridgehead atoms. The number of amidine groups is 1. The van der Waals surface area contributed by atoms with Gasteiger partial charge in [-0.2, -0.15) is 0 Å². The Hall–Kier alpha value is -2.38. The van der Waals surface area contributed by atoms with Crippen LogP contribution in [0.2, 0.25) is 0 Å². The van der Waals surface area contributed by atoms with Crippen LogP contribution >= 0.6 is 0 Å². The van der Waals surface area contributed by atoms with Crippen LogP contribution in [0.3, 0.4) is 0 Å². The van der Waals surface area contributed by atoms with E-state index in [-0.39, 0.29) is 12.1 Å². The number of hydrogen-bond acceptors (Lipinski definition) is 6. The van der Waals surface area contributed by atoms with Gasteiger partial charge in [-0.05, 0) is 56.9 Å². The molecule has 4 aliphatic rings. The first-order valence-corrected chi connectivity index (χ1v) is 10.9. The summed E-state index contributed by atoms with van der Waals surface area (Å²) in [5, 5.41) is 0. The number of nitrogens with one attached hydrogen (secondary N) is 1. The number of hydroxylamine groups is 1. The van der Waals surface area contributed by atoms with Crippen molar-refractivity contribution >= 4 is 17.5 Å². The Labute approximate surface area is 177 Å². The van der Waals surface area contributed by atoms with Crippen LogP contribution in [0.15, 0.2) is 35.3 Å². The molecule has 0 aromatic heterocycles. The summed E-state index contributed by atoms with van der Waals surface area (Å²) in [6.07, 6.45) is 5.53. The zero-order valence-electron chi connectivity index (χ0n) is 17.9. The smallest absolute Gasteiger partial charge is 0.253 e. The van der Waals surface area contributed by atoms with Crippen molar-refractivity contribution in [3.8, 4) is 0 Å². The van der Waals surface area contributed by atoms with Gasteiger partial charge in [0.25, 0.3) is 5.91 Å². The lowest BCUT2D eigenvalue weighted by atomic mass is 9.56. The fourth-order valence-corrected chi connectivity index (χ4v) is 5.63. The van der Waals surface area contributed by atoms with E-state index in [4.69, 9.17) is 14.6 Å². The molecule has 2 saturated heterocycles. The van der Waals surface area contributed by atoms with Gasteiger partial charge in [-0.15, -0.1) is 0 Å². The van der Waals surface area contributed by atoms with Gasteiger partial charge in [-0.1, -0.05) is 12.1 Å². The molecule has 4 unspecified atom stereocenters. The molecule has 30 heavy (non-hydrogen) atoms. The van der Waals surface area contributed by atoms with E-state index in [1.165, 1.54) is 25.8 Å². The molecule has 1 spiro atoms. The van der Waals surface area contributed by atoms with E-state index in [0.29, 0.717) is 23.6 Å². The third-order valence-electron chi connectivity index (χ3n) is 7.30. The van der Waals surface area contributed by atoms with Crippen molar-refractivity contribution in [1.82, 2.24) is 15.3 Å². The molecule has 3 heterocycles. The molecule has 160 valence electrons. The average molecular weight is 411 g/mol. The van der Waals surface area contributed by atoms with Gasteiger partial charge in [-0.3, -0.25) is 15.2 Å². The number of carbonyl (C=O) groups excluding carboxylic acids is 1. The van der Waals surface area contributed by atoms with Crippen molar-refractivity contribution in [3.05, 3.63) is 41.5 Å². The summed E-state index contributed by atoms with van der Waals surface area (Å²) < 4.78 is 6.04. The highest BCUT2D eigenvalue weighted by molar-refractivity contribution is 5.94. The summed E-state index contributed by atoms with van der Waals surface area (Å²) in [6.45, 7) is 4.58. The van der Waals surface area contributed by atoms with Crippen molar-refractivity contribution < 1.29 is 14.4 Å². The van der Waals surface area contributed by atoms with Gasteiger partial charge >= 0.3 is 0 Å². The Bertz CT molecular complexity index is 903. The van der Waals surface area contributed by atoms with Crippen molar-refractivity contribution in [3.63, 3.8) is 0 Å². The number of amides is 1. The van der Waals surface area contributed by atoms with Gasteiger partial charge in [0.2, 0.25) is 6.23 Å². The van der Waals surface area contributed by atoms with Gasteiger partial charge < -0.3 is 9.64 Å². The zero-order valence-corrected chi connectivity index (χ0v) is 17.9. The normalized spacial score (nSPS) is 32.3. The van der Waals surface area contributed by atoms with Crippen LogP contribution in [0.4, 0.5) is 0 Å². The van der Waals surface area contributed by atoms with E-state index >= 15 is 0 Å². The standard InChI is InChI=1S/C23H30N4O3/c1-4-19(15-6-5-7-16(12-15)22(28)26(2)3)29-14-20-24-21(25-30-20)18-13-27-11-9-17-8-10-23(17,18)27/h4-7,12,17-18,20H,8-11,13-14H2,1-3H3,(H,24,25)/b19-4-. The van der Waals surface area contributed by atoms with E-state index in [0.717, 1.165) is 29.6 Å². The summed E-state index contributed by atoms with van der Waals surface area (Å²) in [5.74, 6) is 2.99. The molecular formula is C23H30N4O3. The lowest BCUT2D eigenvalue weighted by Crippen LogP contribution is -2.73. The second-order valence-electron chi connectivity index (χ2n) is 8.95. The SMILES string of the molecule is C/C=C(\OCC1N=C(C2CN3CCC4CCC423)NO1)c1cccc(C(=O)N(C)C)c1. The molecule has 1 amide bonds. The fourth-order valence-electron chi connectivity index (χ4n) is 5.63. The minimum absolute atomic E-state index is 0.0278. The van der Waals surface area contributed by atoms with Crippen molar-refractivity contribution in [2.45, 2.75) is 38.0 Å². The highest BCUT2D eigenvalue weighted by Gasteiger charge is 2.67. The first-order valence-electron chi connectivity index (χ1n) is 10.9. The highest BCUT2D eigenvalue weighted by Crippen LogP contribution is 2.60. The number of rotatable bonds is 6. The van der Waals surface area contributed by atoms with Crippen LogP contribution in [0.1, 0.15) is 42.1 Å². The van der Waals surface area contributed by atoms with Crippen LogP contribution < -0.4 is 5.48 Å². The lowest BCUT2D eigenvalue weighted by Gasteiger charge is -2.63. The van der Waals surface area contributed by atoms with Gasteiger partial charge in [-0.25, -0.2) is 9.83 Å². The predicted molar refractivity (Wildman–Crippen MR) is 115 cm³/mol. The first kappa shape index (κ1) is 19.6. The van der Waals surface area contributed by atoms with Gasteiger partial charge in [0, 0.05) is 43.2 Å². The Kier molecular flexibility index (Phi) is 4.82. The molecule has 3 aliphatic heterocycles. The van der Waals surface area contributed by atoms with Crippen LogP contribution in [-0.4, -0.2) is 67.1 Å². The molecule has 4 atom stereocenters. The molecule has 1 aromatic rings. The molecule has 7 nitrogen and oxygen atoms in total. The number of nitrogens with zero attached hydrogens (tertiary/aromatic N) is 3. The second-order valence-corrected chi connectivity index (χ2v) is 8.95. The van der Waals surface area contributed by atoms with Crippen LogP contribution in [0.25, 0.3) is 5.76 Å². The average Bonchev–Trinajstić information content (AvgIpc) is 3.23. The Morgan fingerprint density at radius 2 is 2.23 bits per heavy atom. The minimum Gasteiger partial charge on any atom is -0.488 e. The molecule has 1 N–H and O–H groups in total. The summed E-state index contributed by atoms with van der Waals surface area (Å²) in [4.78, 5) is 27.0. The van der Waals surface area contributed by atoms with Gasteiger partial charge in [0.1, 0.15) is 18.2 Å². The monoisotopic (exact) mass is 410 g/mol. The Morgan fingerprint density at radius 1 is 1.40 bits per heavy atom. The van der Waals surface area contributed by atoms with Crippen molar-refractivity contribution in [2.75, 3.05) is 33.8 Å². The summed E-state index contributed by atoms with van der Waals surface area (Å²) in [6, 6.07) is 7.50. The number of ether oxygens (including phenoxy) is 1. The largest absolute Gasteiger partial charge is 0.488 e. The topological polar surface area (TPSA) is 66.4 Å². The van der Waals surface area contributed by atoms with E-state index in [9.17, 15) is 4.79 Å². The molecule has 5 rings (SSSR count). The maximum atomic E-state index is 12.3. The van der Waals surface area contributed by atoms with Crippen LogP contribution in [-0.2, 0) is 9.57 Å². The van der Waals surface area contributed by atoms with Crippen molar-refractivity contribution in [2.24, 2.45) is 16.8 Å². The summed E-state index contributed by atoms with van der Waals surface area (Å²) >= 11 is 0. The summed E-state index contributed by atoms with van der Waals surface area (Å²) in [5.41, 5.74) is 4.96. The Balaban J connectivity index is 1.22. The predicted octanol–water partition coefficient (Wildman–Crippen LogP) is 2.51. The highest BCUT2D eigenvalue weighted by atomic mass is 16.7. The third-order valence-corrected chi connectivity index (χ3v) is 7.30. The maximum Gasteiger partial charge on any atom is 0.253 e. The van der Waals surface area contributed by atoms with Crippen LogP contribution in [0.5, 0.6) is 0 Å². The van der Waals surface area contributed by atoms with E-state index < -0.39 is 0 Å².